The number of carbonyl (C=O) groups excluding carboxylic acids is 1. The fraction of sp³-hybridized carbons (Fsp3) is 0.737. The highest BCUT2D eigenvalue weighted by Gasteiger charge is 2.59. The first-order chi connectivity index (χ1) is 10.4. The summed E-state index contributed by atoms with van der Waals surface area (Å²) in [6.07, 6.45) is 10.7. The largest absolute Gasteiger partial charge is 0.391 e. The maximum absolute atomic E-state index is 11.8. The molecule has 3 heteroatoms. The van der Waals surface area contributed by atoms with Crippen molar-refractivity contribution in [3.05, 3.63) is 23.8 Å². The highest BCUT2D eigenvalue weighted by Crippen LogP contribution is 2.63. The molecule has 0 bridgehead atoms. The number of rotatable bonds is 0. The molecule has 4 aliphatic rings. The van der Waals surface area contributed by atoms with Crippen molar-refractivity contribution in [2.75, 3.05) is 0 Å². The molecule has 120 valence electrons. The van der Waals surface area contributed by atoms with Crippen LogP contribution in [0.5, 0.6) is 0 Å². The Labute approximate surface area is 132 Å². The monoisotopic (exact) mass is 301 g/mol. The van der Waals surface area contributed by atoms with E-state index in [1.165, 1.54) is 5.57 Å². The lowest BCUT2D eigenvalue weighted by molar-refractivity contribution is -0.115. The van der Waals surface area contributed by atoms with Gasteiger partial charge in [0.15, 0.2) is 5.78 Å². The van der Waals surface area contributed by atoms with Crippen LogP contribution in [-0.2, 0) is 4.79 Å². The Hall–Kier alpha value is -0.930. The van der Waals surface area contributed by atoms with Gasteiger partial charge >= 0.3 is 0 Å². The molecule has 2 saturated carbocycles. The van der Waals surface area contributed by atoms with E-state index in [0.717, 1.165) is 25.7 Å². The van der Waals surface area contributed by atoms with Gasteiger partial charge in [0.25, 0.3) is 0 Å². The van der Waals surface area contributed by atoms with Crippen molar-refractivity contribution in [3.63, 3.8) is 0 Å². The van der Waals surface area contributed by atoms with Crippen molar-refractivity contribution >= 4 is 5.78 Å². The number of hydrogen-bond donors (Lipinski definition) is 2. The molecule has 0 aromatic heterocycles. The molecule has 0 heterocycles. The molecule has 2 fully saturated rings. The number of ketones is 1. The second-order valence-corrected chi connectivity index (χ2v) is 8.47. The Morgan fingerprint density at radius 3 is 2.86 bits per heavy atom. The molecule has 2 unspecified atom stereocenters. The third-order valence-corrected chi connectivity index (χ3v) is 7.62. The zero-order valence-corrected chi connectivity index (χ0v) is 13.6. The first kappa shape index (κ1) is 14.6. The summed E-state index contributed by atoms with van der Waals surface area (Å²) in [5.74, 6) is 1.93. The van der Waals surface area contributed by atoms with Gasteiger partial charge in [-0.2, -0.15) is 0 Å². The Morgan fingerprint density at radius 1 is 1.32 bits per heavy atom. The van der Waals surface area contributed by atoms with E-state index >= 15 is 0 Å². The SMILES string of the molecule is C[C@]12C=CC(=O)CC1=CC[C@@H]1[C@H]2CC[C@]2(C)C(N)C(O)C[C@@H]12. The Bertz CT molecular complexity index is 580. The number of nitrogens with two attached hydrogens (primary N) is 1. The van der Waals surface area contributed by atoms with E-state index in [2.05, 4.69) is 26.0 Å². The van der Waals surface area contributed by atoms with Crippen LogP contribution in [0.3, 0.4) is 0 Å². The number of aliphatic hydroxyl groups is 1. The predicted octanol–water partition coefficient (Wildman–Crippen LogP) is 2.59. The molecule has 4 aliphatic carbocycles. The van der Waals surface area contributed by atoms with Gasteiger partial charge < -0.3 is 10.8 Å². The summed E-state index contributed by atoms with van der Waals surface area (Å²) >= 11 is 0. The molecule has 0 aromatic carbocycles. The van der Waals surface area contributed by atoms with E-state index in [-0.39, 0.29) is 28.8 Å². The van der Waals surface area contributed by atoms with Crippen molar-refractivity contribution in [2.45, 2.75) is 58.1 Å². The Balaban J connectivity index is 1.72. The van der Waals surface area contributed by atoms with Gasteiger partial charge in [0.05, 0.1) is 6.10 Å². The van der Waals surface area contributed by atoms with Crippen LogP contribution in [0.4, 0.5) is 0 Å². The highest BCUT2D eigenvalue weighted by molar-refractivity contribution is 5.93. The van der Waals surface area contributed by atoms with Crippen LogP contribution in [0.1, 0.15) is 46.0 Å². The Morgan fingerprint density at radius 2 is 2.09 bits per heavy atom. The third-order valence-electron chi connectivity index (χ3n) is 7.62. The summed E-state index contributed by atoms with van der Waals surface area (Å²) in [5.41, 5.74) is 7.79. The van der Waals surface area contributed by atoms with Gasteiger partial charge in [0, 0.05) is 17.9 Å². The van der Waals surface area contributed by atoms with Gasteiger partial charge in [0.1, 0.15) is 0 Å². The quantitative estimate of drug-likeness (QED) is 0.676. The van der Waals surface area contributed by atoms with Crippen LogP contribution in [0, 0.1) is 28.6 Å². The molecular formula is C19H27NO2. The zero-order chi connectivity index (χ0) is 15.7. The summed E-state index contributed by atoms with van der Waals surface area (Å²) in [7, 11) is 0. The topological polar surface area (TPSA) is 63.3 Å². The molecule has 0 radical (unpaired) electrons. The normalized spacial score (nSPS) is 53.5. The van der Waals surface area contributed by atoms with Gasteiger partial charge in [-0.15, -0.1) is 0 Å². The van der Waals surface area contributed by atoms with Gasteiger partial charge in [-0.3, -0.25) is 4.79 Å². The number of aliphatic hydroxyl groups excluding tert-OH is 1. The van der Waals surface area contributed by atoms with Gasteiger partial charge in [-0.05, 0) is 54.9 Å². The van der Waals surface area contributed by atoms with Crippen LogP contribution in [0.15, 0.2) is 23.8 Å². The lowest BCUT2D eigenvalue weighted by Crippen LogP contribution is -2.52. The highest BCUT2D eigenvalue weighted by atomic mass is 16.3. The second-order valence-electron chi connectivity index (χ2n) is 8.47. The minimum absolute atomic E-state index is 0.0375. The van der Waals surface area contributed by atoms with Crippen LogP contribution in [0.25, 0.3) is 0 Å². The fourth-order valence-corrected chi connectivity index (χ4v) is 6.16. The molecule has 0 spiro atoms. The summed E-state index contributed by atoms with van der Waals surface area (Å²) in [5, 5.41) is 10.3. The van der Waals surface area contributed by atoms with E-state index in [1.807, 2.05) is 0 Å². The maximum atomic E-state index is 11.8. The molecule has 7 atom stereocenters. The van der Waals surface area contributed by atoms with E-state index in [1.54, 1.807) is 6.08 Å². The zero-order valence-electron chi connectivity index (χ0n) is 13.6. The molecule has 3 N–H and O–H groups in total. The first-order valence-electron chi connectivity index (χ1n) is 8.71. The fourth-order valence-electron chi connectivity index (χ4n) is 6.16. The first-order valence-corrected chi connectivity index (χ1v) is 8.71. The van der Waals surface area contributed by atoms with Crippen molar-refractivity contribution in [2.24, 2.45) is 34.3 Å². The summed E-state index contributed by atoms with van der Waals surface area (Å²) in [4.78, 5) is 11.8. The minimum Gasteiger partial charge on any atom is -0.391 e. The van der Waals surface area contributed by atoms with Crippen LogP contribution in [0.2, 0.25) is 0 Å². The summed E-state index contributed by atoms with van der Waals surface area (Å²) < 4.78 is 0. The van der Waals surface area contributed by atoms with Crippen molar-refractivity contribution in [1.29, 1.82) is 0 Å². The van der Waals surface area contributed by atoms with Crippen molar-refractivity contribution in [3.8, 4) is 0 Å². The predicted molar refractivity (Wildman–Crippen MR) is 86.0 cm³/mol. The maximum Gasteiger partial charge on any atom is 0.159 e. The lowest BCUT2D eigenvalue weighted by Gasteiger charge is -2.55. The number of allylic oxidation sites excluding steroid dienone is 4. The molecule has 22 heavy (non-hydrogen) atoms. The average Bonchev–Trinajstić information content (AvgIpc) is 2.72. The standard InChI is InChI=1S/C19H27NO2/c1-18-7-5-12(21)9-11(18)3-4-13-14(18)6-8-19(2)15(13)10-16(22)17(19)20/h3,5,7,13-17,22H,4,6,8-10,20H2,1-2H3/t13-,14-,15+,16?,17?,18+,19+/m1/s1. The van der Waals surface area contributed by atoms with E-state index in [4.69, 9.17) is 5.73 Å². The molecule has 4 rings (SSSR count). The smallest absolute Gasteiger partial charge is 0.159 e. The van der Waals surface area contributed by atoms with Gasteiger partial charge in [-0.25, -0.2) is 0 Å². The van der Waals surface area contributed by atoms with E-state index in [0.29, 0.717) is 24.2 Å². The molecule has 0 aliphatic heterocycles. The molecule has 3 nitrogen and oxygen atoms in total. The molecule has 0 amide bonds. The molecule has 0 saturated heterocycles. The van der Waals surface area contributed by atoms with Gasteiger partial charge in [0.2, 0.25) is 0 Å². The minimum atomic E-state index is -0.351. The van der Waals surface area contributed by atoms with Crippen LogP contribution in [-0.4, -0.2) is 23.0 Å². The number of hydrogen-bond acceptors (Lipinski definition) is 3. The lowest BCUT2D eigenvalue weighted by atomic mass is 9.49. The molecule has 0 aromatic rings. The number of fused-ring (bicyclic) bond motifs is 5. The van der Waals surface area contributed by atoms with Crippen molar-refractivity contribution in [1.82, 2.24) is 0 Å². The van der Waals surface area contributed by atoms with Crippen molar-refractivity contribution < 1.29 is 9.90 Å². The second kappa shape index (κ2) is 4.55. The van der Waals surface area contributed by atoms with Gasteiger partial charge in [-0.1, -0.05) is 31.6 Å². The van der Waals surface area contributed by atoms with Crippen LogP contribution < -0.4 is 5.73 Å². The average molecular weight is 301 g/mol. The summed E-state index contributed by atoms with van der Waals surface area (Å²) in [6, 6.07) is -0.0832. The summed E-state index contributed by atoms with van der Waals surface area (Å²) in [6.45, 7) is 4.60. The molecular weight excluding hydrogens is 274 g/mol. The van der Waals surface area contributed by atoms with E-state index in [9.17, 15) is 9.90 Å². The third kappa shape index (κ3) is 1.73. The van der Waals surface area contributed by atoms with Crippen LogP contribution >= 0.6 is 0 Å². The Kier molecular flexibility index (Phi) is 3.03. The number of carbonyl (C=O) groups is 1. The van der Waals surface area contributed by atoms with E-state index < -0.39 is 0 Å².